The average Bonchev–Trinajstić information content (AvgIpc) is 2.01. The van der Waals surface area contributed by atoms with E-state index >= 15 is 0 Å². The predicted molar refractivity (Wildman–Crippen MR) is 50.6 cm³/mol. The van der Waals surface area contributed by atoms with Gasteiger partial charge in [-0.15, -0.1) is 0 Å². The lowest BCUT2D eigenvalue weighted by Gasteiger charge is -1.85. The summed E-state index contributed by atoms with van der Waals surface area (Å²) in [5.41, 5.74) is 0. The van der Waals surface area contributed by atoms with Crippen molar-refractivity contribution in [2.75, 3.05) is 6.61 Å². The minimum atomic E-state index is -1.08. The Morgan fingerprint density at radius 2 is 1.07 bits per heavy atom. The molecule has 0 saturated carbocycles. The lowest BCUT2D eigenvalue weighted by atomic mass is 10.3. The second-order valence-corrected chi connectivity index (χ2v) is 2.12. The van der Waals surface area contributed by atoms with Gasteiger partial charge in [0.05, 0.1) is 12.8 Å². The second-order valence-electron chi connectivity index (χ2n) is 2.12. The van der Waals surface area contributed by atoms with Crippen molar-refractivity contribution in [3.05, 3.63) is 0 Å². The number of carboxylic acids is 3. The molecule has 0 atom stereocenters. The number of carbonyl (C=O) groups is 3. The van der Waals surface area contributed by atoms with Crippen molar-refractivity contribution in [1.82, 2.24) is 0 Å². The Morgan fingerprint density at radius 1 is 0.933 bits per heavy atom. The van der Waals surface area contributed by atoms with Crippen LogP contribution in [0.2, 0.25) is 0 Å². The summed E-state index contributed by atoms with van der Waals surface area (Å²) in [4.78, 5) is 28.3. The fourth-order valence-electron chi connectivity index (χ4n) is 0.214. The van der Waals surface area contributed by atoms with Crippen molar-refractivity contribution in [2.24, 2.45) is 0 Å². The number of hydrogen-bond acceptors (Lipinski definition) is 4. The van der Waals surface area contributed by atoms with Crippen molar-refractivity contribution >= 4 is 17.9 Å². The van der Waals surface area contributed by atoms with Gasteiger partial charge in [-0.3, -0.25) is 14.4 Å². The number of rotatable bonds is 3. The van der Waals surface area contributed by atoms with Gasteiger partial charge in [-0.1, -0.05) is 0 Å². The molecular weight excluding hydrogens is 208 g/mol. The highest BCUT2D eigenvalue weighted by atomic mass is 16.4. The molecule has 4 N–H and O–H groups in total. The number of aliphatic hydroxyl groups excluding tert-OH is 1. The first kappa shape index (κ1) is 19.0. The minimum absolute atomic E-state index is 0.250. The topological polar surface area (TPSA) is 132 Å². The summed E-state index contributed by atoms with van der Waals surface area (Å²) in [7, 11) is 0. The zero-order valence-corrected chi connectivity index (χ0v) is 8.63. The molecule has 7 nitrogen and oxygen atoms in total. The Kier molecular flexibility index (Phi) is 18.9. The molecule has 0 spiro atoms. The van der Waals surface area contributed by atoms with Crippen LogP contribution < -0.4 is 0 Å². The Hall–Kier alpha value is -1.63. The average molecular weight is 224 g/mol. The first-order valence-corrected chi connectivity index (χ1v) is 4.01. The highest BCUT2D eigenvalue weighted by molar-refractivity contribution is 5.75. The van der Waals surface area contributed by atoms with E-state index in [0.29, 0.717) is 0 Å². The van der Waals surface area contributed by atoms with E-state index < -0.39 is 17.9 Å². The Balaban J connectivity index is -0.000000173. The number of carboxylic acid groups (broad SMARTS) is 3. The maximum atomic E-state index is 9.64. The zero-order valence-electron chi connectivity index (χ0n) is 8.63. The van der Waals surface area contributed by atoms with E-state index in [-0.39, 0.29) is 19.4 Å². The quantitative estimate of drug-likeness (QED) is 0.531. The summed E-state index contributed by atoms with van der Waals surface area (Å²) in [6.45, 7) is 3.01. The molecule has 0 rings (SSSR count). The van der Waals surface area contributed by atoms with Crippen molar-refractivity contribution in [2.45, 2.75) is 26.7 Å². The highest BCUT2D eigenvalue weighted by Crippen LogP contribution is 1.86. The lowest BCUT2D eigenvalue weighted by molar-refractivity contribution is -0.143. The molecule has 0 aliphatic rings. The molecule has 0 saturated heterocycles. The van der Waals surface area contributed by atoms with E-state index in [1.54, 1.807) is 6.92 Å². The van der Waals surface area contributed by atoms with E-state index in [1.807, 2.05) is 0 Å². The number of aliphatic carboxylic acids is 3. The Labute approximate surface area is 87.0 Å². The third kappa shape index (κ3) is 117. The van der Waals surface area contributed by atoms with Crippen LogP contribution in [0.4, 0.5) is 0 Å². The van der Waals surface area contributed by atoms with Crippen molar-refractivity contribution in [3.8, 4) is 0 Å². The van der Waals surface area contributed by atoms with Crippen LogP contribution in [0.3, 0.4) is 0 Å². The van der Waals surface area contributed by atoms with Crippen molar-refractivity contribution < 1.29 is 34.8 Å². The SMILES string of the molecule is CC(=O)O.CCO.O=C(O)CCC(=O)O. The summed E-state index contributed by atoms with van der Waals surface area (Å²) in [5.74, 6) is -2.99. The van der Waals surface area contributed by atoms with Gasteiger partial charge in [0.15, 0.2) is 0 Å². The molecule has 0 amide bonds. The van der Waals surface area contributed by atoms with Crippen LogP contribution in [0.1, 0.15) is 26.7 Å². The summed E-state index contributed by atoms with van der Waals surface area (Å²) in [5, 5.41) is 30.8. The normalized spacial score (nSPS) is 7.40. The molecule has 7 heteroatoms. The van der Waals surface area contributed by atoms with Crippen LogP contribution in [0.25, 0.3) is 0 Å². The molecule has 0 bridgehead atoms. The third-order valence-electron chi connectivity index (χ3n) is 0.553. The van der Waals surface area contributed by atoms with Gasteiger partial charge in [0.1, 0.15) is 0 Å². The van der Waals surface area contributed by atoms with Crippen molar-refractivity contribution in [3.63, 3.8) is 0 Å². The Morgan fingerprint density at radius 3 is 1.13 bits per heavy atom. The molecular formula is C8H16O7. The molecule has 0 aliphatic carbocycles. The number of aliphatic hydroxyl groups is 1. The maximum absolute atomic E-state index is 9.64. The summed E-state index contributed by atoms with van der Waals surface area (Å²) in [6.07, 6.45) is -0.593. The predicted octanol–water partition coefficient (Wildman–Crippen LogP) is 0.0253. The largest absolute Gasteiger partial charge is 0.481 e. The third-order valence-corrected chi connectivity index (χ3v) is 0.553. The van der Waals surface area contributed by atoms with Gasteiger partial charge in [-0.25, -0.2) is 0 Å². The molecule has 15 heavy (non-hydrogen) atoms. The maximum Gasteiger partial charge on any atom is 0.303 e. The Bertz CT molecular complexity index is 169. The van der Waals surface area contributed by atoms with Gasteiger partial charge in [0.25, 0.3) is 5.97 Å². The molecule has 90 valence electrons. The van der Waals surface area contributed by atoms with E-state index in [4.69, 9.17) is 25.2 Å². The molecule has 0 heterocycles. The molecule has 0 aromatic carbocycles. The standard InChI is InChI=1S/C4H6O4.C2H4O2.C2H6O/c5-3(6)1-2-4(7)8;1-2(3)4;1-2-3/h1-2H2,(H,5,6)(H,7,8);1H3,(H,3,4);3H,2H2,1H3. The molecule has 0 aliphatic heterocycles. The first-order valence-electron chi connectivity index (χ1n) is 4.01. The lowest BCUT2D eigenvalue weighted by Crippen LogP contribution is -2.00. The van der Waals surface area contributed by atoms with Crippen molar-refractivity contribution in [1.29, 1.82) is 0 Å². The van der Waals surface area contributed by atoms with E-state index in [9.17, 15) is 9.59 Å². The van der Waals surface area contributed by atoms with Crippen LogP contribution in [0.15, 0.2) is 0 Å². The van der Waals surface area contributed by atoms with Gasteiger partial charge < -0.3 is 20.4 Å². The smallest absolute Gasteiger partial charge is 0.303 e. The molecule has 0 aromatic rings. The van der Waals surface area contributed by atoms with E-state index in [1.165, 1.54) is 0 Å². The van der Waals surface area contributed by atoms with E-state index in [2.05, 4.69) is 0 Å². The van der Waals surface area contributed by atoms with Crippen LogP contribution in [0, 0.1) is 0 Å². The number of hydrogen-bond donors (Lipinski definition) is 4. The fraction of sp³-hybridized carbons (Fsp3) is 0.625. The van der Waals surface area contributed by atoms with Gasteiger partial charge in [-0.05, 0) is 6.92 Å². The molecule has 0 fully saturated rings. The molecule has 0 unspecified atom stereocenters. The summed E-state index contributed by atoms with van der Waals surface area (Å²) in [6, 6.07) is 0. The fourth-order valence-corrected chi connectivity index (χ4v) is 0.214. The second kappa shape index (κ2) is 14.9. The molecule has 0 radical (unpaired) electrons. The summed E-state index contributed by atoms with van der Waals surface area (Å²) >= 11 is 0. The van der Waals surface area contributed by atoms with Crippen LogP contribution in [-0.2, 0) is 14.4 Å². The van der Waals surface area contributed by atoms with Gasteiger partial charge in [0.2, 0.25) is 0 Å². The summed E-state index contributed by atoms with van der Waals surface area (Å²) < 4.78 is 0. The van der Waals surface area contributed by atoms with E-state index in [0.717, 1.165) is 6.92 Å². The monoisotopic (exact) mass is 224 g/mol. The van der Waals surface area contributed by atoms with Crippen LogP contribution in [0.5, 0.6) is 0 Å². The zero-order chi connectivity index (χ0) is 12.9. The first-order chi connectivity index (χ1) is 6.77. The van der Waals surface area contributed by atoms with Gasteiger partial charge in [-0.2, -0.15) is 0 Å². The highest BCUT2D eigenvalue weighted by Gasteiger charge is 2.00. The van der Waals surface area contributed by atoms with Gasteiger partial charge in [0, 0.05) is 13.5 Å². The molecule has 0 aromatic heterocycles. The van der Waals surface area contributed by atoms with Crippen LogP contribution >= 0.6 is 0 Å². The minimum Gasteiger partial charge on any atom is -0.481 e. The van der Waals surface area contributed by atoms with Crippen LogP contribution in [-0.4, -0.2) is 44.9 Å². The van der Waals surface area contributed by atoms with Gasteiger partial charge >= 0.3 is 11.9 Å².